The second-order valence-electron chi connectivity index (χ2n) is 4.13. The van der Waals surface area contributed by atoms with E-state index in [1.54, 1.807) is 13.2 Å². The van der Waals surface area contributed by atoms with Crippen molar-refractivity contribution in [3.05, 3.63) is 29.8 Å². The highest BCUT2D eigenvalue weighted by Crippen LogP contribution is 2.10. The van der Waals surface area contributed by atoms with Crippen molar-refractivity contribution >= 4 is 11.6 Å². The number of nitrogens with one attached hydrogen (secondary N) is 2. The molecule has 0 saturated heterocycles. The van der Waals surface area contributed by atoms with Crippen molar-refractivity contribution in [3.63, 3.8) is 0 Å². The predicted octanol–water partition coefficient (Wildman–Crippen LogP) is 1.88. The molecule has 4 nitrogen and oxygen atoms in total. The quantitative estimate of drug-likeness (QED) is 0.741. The smallest absolute Gasteiger partial charge is 0.251 e. The van der Waals surface area contributed by atoms with Crippen LogP contribution in [0.3, 0.4) is 0 Å². The average molecular weight is 236 g/mol. The molecule has 0 saturated carbocycles. The molecule has 0 radical (unpaired) electrons. The fourth-order valence-electron chi connectivity index (χ4n) is 1.41. The van der Waals surface area contributed by atoms with Gasteiger partial charge in [-0.25, -0.2) is 0 Å². The predicted molar refractivity (Wildman–Crippen MR) is 69.4 cm³/mol. The van der Waals surface area contributed by atoms with E-state index in [1.165, 1.54) is 0 Å². The molecule has 1 rings (SSSR count). The molecule has 2 N–H and O–H groups in total. The Kier molecular flexibility index (Phi) is 5.49. The molecule has 0 heterocycles. The highest BCUT2D eigenvalue weighted by molar-refractivity contribution is 5.95. The zero-order valence-electron chi connectivity index (χ0n) is 10.6. The molecular formula is C13H20N2O2. The molecule has 17 heavy (non-hydrogen) atoms. The number of anilines is 1. The summed E-state index contributed by atoms with van der Waals surface area (Å²) < 4.78 is 4.95. The fourth-order valence-corrected chi connectivity index (χ4v) is 1.41. The van der Waals surface area contributed by atoms with Gasteiger partial charge in [-0.1, -0.05) is 6.07 Å². The normalized spacial score (nSPS) is 10.4. The Hall–Kier alpha value is -1.55. The van der Waals surface area contributed by atoms with E-state index in [9.17, 15) is 4.79 Å². The highest BCUT2D eigenvalue weighted by atomic mass is 16.5. The second-order valence-corrected chi connectivity index (χ2v) is 4.13. The fraction of sp³-hybridized carbons (Fsp3) is 0.462. The SMILES string of the molecule is COCCNc1cccc(C(=O)NC(C)C)c1. The molecule has 0 atom stereocenters. The van der Waals surface area contributed by atoms with E-state index in [1.807, 2.05) is 32.0 Å². The second kappa shape index (κ2) is 6.91. The van der Waals surface area contributed by atoms with E-state index < -0.39 is 0 Å². The molecule has 1 aromatic carbocycles. The topological polar surface area (TPSA) is 50.4 Å². The van der Waals surface area contributed by atoms with Crippen molar-refractivity contribution in [3.8, 4) is 0 Å². The van der Waals surface area contributed by atoms with E-state index in [-0.39, 0.29) is 11.9 Å². The number of hydrogen-bond donors (Lipinski definition) is 2. The van der Waals surface area contributed by atoms with E-state index in [4.69, 9.17) is 4.74 Å². The largest absolute Gasteiger partial charge is 0.383 e. The maximum atomic E-state index is 11.8. The van der Waals surface area contributed by atoms with Crippen LogP contribution in [0.15, 0.2) is 24.3 Å². The minimum atomic E-state index is -0.0459. The van der Waals surface area contributed by atoms with E-state index in [0.717, 1.165) is 12.2 Å². The molecule has 0 aliphatic carbocycles. The van der Waals surface area contributed by atoms with Crippen molar-refractivity contribution < 1.29 is 9.53 Å². The number of benzene rings is 1. The van der Waals surface area contributed by atoms with Crippen molar-refractivity contribution in [2.45, 2.75) is 19.9 Å². The molecule has 0 aromatic heterocycles. The van der Waals surface area contributed by atoms with Gasteiger partial charge in [0, 0.05) is 30.9 Å². The number of ether oxygens (including phenoxy) is 1. The van der Waals surface area contributed by atoms with Gasteiger partial charge >= 0.3 is 0 Å². The first-order valence-electron chi connectivity index (χ1n) is 5.77. The Morgan fingerprint density at radius 2 is 2.18 bits per heavy atom. The average Bonchev–Trinajstić information content (AvgIpc) is 2.29. The van der Waals surface area contributed by atoms with Crippen LogP contribution in [0.5, 0.6) is 0 Å². The summed E-state index contributed by atoms with van der Waals surface area (Å²) in [5, 5.41) is 6.05. The lowest BCUT2D eigenvalue weighted by atomic mass is 10.2. The Morgan fingerprint density at radius 1 is 1.41 bits per heavy atom. The zero-order chi connectivity index (χ0) is 12.7. The molecular weight excluding hydrogens is 216 g/mol. The summed E-state index contributed by atoms with van der Waals surface area (Å²) in [7, 11) is 1.66. The zero-order valence-corrected chi connectivity index (χ0v) is 10.6. The van der Waals surface area contributed by atoms with Gasteiger partial charge in [0.1, 0.15) is 0 Å². The Bertz CT molecular complexity index is 364. The summed E-state index contributed by atoms with van der Waals surface area (Å²) in [6.07, 6.45) is 0. The van der Waals surface area contributed by atoms with Gasteiger partial charge in [0.15, 0.2) is 0 Å². The van der Waals surface area contributed by atoms with Crippen LogP contribution >= 0.6 is 0 Å². The molecule has 0 bridgehead atoms. The van der Waals surface area contributed by atoms with E-state index in [0.29, 0.717) is 12.2 Å². The van der Waals surface area contributed by atoms with Crippen LogP contribution in [0.4, 0.5) is 5.69 Å². The Labute approximate surface area is 102 Å². The van der Waals surface area contributed by atoms with Gasteiger partial charge in [0.2, 0.25) is 0 Å². The molecule has 0 aliphatic rings. The molecule has 94 valence electrons. The van der Waals surface area contributed by atoms with Gasteiger partial charge in [-0.05, 0) is 32.0 Å². The molecule has 1 amide bonds. The van der Waals surface area contributed by atoms with Crippen molar-refractivity contribution in [2.75, 3.05) is 25.6 Å². The number of rotatable bonds is 6. The third-order valence-electron chi connectivity index (χ3n) is 2.18. The molecule has 0 fully saturated rings. The first kappa shape index (κ1) is 13.5. The van der Waals surface area contributed by atoms with Gasteiger partial charge in [-0.2, -0.15) is 0 Å². The summed E-state index contributed by atoms with van der Waals surface area (Å²) in [5.74, 6) is -0.0459. The van der Waals surface area contributed by atoms with Crippen molar-refractivity contribution in [1.82, 2.24) is 5.32 Å². The minimum absolute atomic E-state index is 0.0459. The molecule has 1 aromatic rings. The summed E-state index contributed by atoms with van der Waals surface area (Å²) in [4.78, 5) is 11.8. The highest BCUT2D eigenvalue weighted by Gasteiger charge is 2.06. The van der Waals surface area contributed by atoms with Gasteiger partial charge in [0.25, 0.3) is 5.91 Å². The number of amides is 1. The molecule has 4 heteroatoms. The Balaban J connectivity index is 2.61. The minimum Gasteiger partial charge on any atom is -0.383 e. The standard InChI is InChI=1S/C13H20N2O2/c1-10(2)15-13(16)11-5-4-6-12(9-11)14-7-8-17-3/h4-6,9-10,14H,7-8H2,1-3H3,(H,15,16). The van der Waals surface area contributed by atoms with Gasteiger partial charge in [-0.3, -0.25) is 4.79 Å². The summed E-state index contributed by atoms with van der Waals surface area (Å²) in [5.41, 5.74) is 1.60. The number of carbonyl (C=O) groups excluding carboxylic acids is 1. The lowest BCUT2D eigenvalue weighted by Crippen LogP contribution is -2.30. The molecule has 0 unspecified atom stereocenters. The summed E-state index contributed by atoms with van der Waals surface area (Å²) in [6.45, 7) is 5.26. The first-order chi connectivity index (χ1) is 8.13. The monoisotopic (exact) mass is 236 g/mol. The van der Waals surface area contributed by atoms with Crippen LogP contribution in [0.1, 0.15) is 24.2 Å². The summed E-state index contributed by atoms with van der Waals surface area (Å²) >= 11 is 0. The first-order valence-corrected chi connectivity index (χ1v) is 5.77. The van der Waals surface area contributed by atoms with Crippen molar-refractivity contribution in [1.29, 1.82) is 0 Å². The Morgan fingerprint density at radius 3 is 2.82 bits per heavy atom. The van der Waals surface area contributed by atoms with Crippen LogP contribution in [0.25, 0.3) is 0 Å². The lowest BCUT2D eigenvalue weighted by Gasteiger charge is -2.10. The van der Waals surface area contributed by atoms with Gasteiger partial charge < -0.3 is 15.4 Å². The van der Waals surface area contributed by atoms with Crippen LogP contribution in [-0.4, -0.2) is 32.2 Å². The van der Waals surface area contributed by atoms with Gasteiger partial charge in [0.05, 0.1) is 6.61 Å². The number of methoxy groups -OCH3 is 1. The van der Waals surface area contributed by atoms with Crippen LogP contribution in [-0.2, 0) is 4.74 Å². The van der Waals surface area contributed by atoms with E-state index >= 15 is 0 Å². The lowest BCUT2D eigenvalue weighted by molar-refractivity contribution is 0.0943. The van der Waals surface area contributed by atoms with Crippen molar-refractivity contribution in [2.24, 2.45) is 0 Å². The summed E-state index contributed by atoms with van der Waals surface area (Å²) in [6, 6.07) is 7.59. The van der Waals surface area contributed by atoms with Crippen LogP contribution < -0.4 is 10.6 Å². The third-order valence-corrected chi connectivity index (χ3v) is 2.18. The molecule has 0 aliphatic heterocycles. The maximum Gasteiger partial charge on any atom is 0.251 e. The number of hydrogen-bond acceptors (Lipinski definition) is 3. The van der Waals surface area contributed by atoms with Crippen LogP contribution in [0.2, 0.25) is 0 Å². The number of carbonyl (C=O) groups is 1. The maximum absolute atomic E-state index is 11.8. The molecule has 0 spiro atoms. The van der Waals surface area contributed by atoms with E-state index in [2.05, 4.69) is 10.6 Å². The van der Waals surface area contributed by atoms with Gasteiger partial charge in [-0.15, -0.1) is 0 Å². The van der Waals surface area contributed by atoms with Crippen LogP contribution in [0, 0.1) is 0 Å². The third kappa shape index (κ3) is 4.87.